The van der Waals surface area contributed by atoms with Gasteiger partial charge in [-0.3, -0.25) is 14.5 Å². The SMILES string of the molecule is COc1ccc(/C=C2\SC(=S)N(CCCC(=O)O)C2=O)cc1. The van der Waals surface area contributed by atoms with Crippen LogP contribution in [0.25, 0.3) is 6.08 Å². The minimum Gasteiger partial charge on any atom is -0.497 e. The Morgan fingerprint density at radius 2 is 2.09 bits per heavy atom. The molecule has 1 N–H and O–H groups in total. The van der Waals surface area contributed by atoms with Crippen molar-refractivity contribution in [2.75, 3.05) is 13.7 Å². The molecule has 1 aliphatic rings. The average Bonchev–Trinajstić information content (AvgIpc) is 2.75. The molecule has 1 aromatic rings. The van der Waals surface area contributed by atoms with Crippen molar-refractivity contribution in [1.82, 2.24) is 4.90 Å². The van der Waals surface area contributed by atoms with E-state index in [1.54, 1.807) is 13.2 Å². The third kappa shape index (κ3) is 4.08. The zero-order valence-corrected chi connectivity index (χ0v) is 13.6. The number of nitrogens with zero attached hydrogens (tertiary/aromatic N) is 1. The van der Waals surface area contributed by atoms with Gasteiger partial charge in [0.05, 0.1) is 12.0 Å². The maximum Gasteiger partial charge on any atom is 0.303 e. The van der Waals surface area contributed by atoms with Crippen molar-refractivity contribution in [2.45, 2.75) is 12.8 Å². The number of carbonyl (C=O) groups excluding carboxylic acids is 1. The van der Waals surface area contributed by atoms with E-state index in [0.717, 1.165) is 11.3 Å². The van der Waals surface area contributed by atoms with Gasteiger partial charge in [-0.05, 0) is 30.2 Å². The van der Waals surface area contributed by atoms with Crippen LogP contribution in [0.1, 0.15) is 18.4 Å². The molecule has 1 saturated heterocycles. The van der Waals surface area contributed by atoms with Crippen LogP contribution in [-0.4, -0.2) is 39.9 Å². The molecule has 1 aliphatic heterocycles. The minimum atomic E-state index is -0.876. The fraction of sp³-hybridized carbons (Fsp3) is 0.267. The molecule has 0 spiro atoms. The number of carboxylic acid groups (broad SMARTS) is 1. The van der Waals surface area contributed by atoms with Gasteiger partial charge in [0.2, 0.25) is 0 Å². The summed E-state index contributed by atoms with van der Waals surface area (Å²) in [7, 11) is 1.59. The largest absolute Gasteiger partial charge is 0.497 e. The third-order valence-electron chi connectivity index (χ3n) is 3.06. The Balaban J connectivity index is 2.06. The van der Waals surface area contributed by atoms with Crippen molar-refractivity contribution in [3.63, 3.8) is 0 Å². The molecule has 1 aromatic carbocycles. The summed E-state index contributed by atoms with van der Waals surface area (Å²) in [5.74, 6) is -0.297. The molecule has 0 radical (unpaired) electrons. The number of thioether (sulfide) groups is 1. The lowest BCUT2D eigenvalue weighted by atomic mass is 10.2. The van der Waals surface area contributed by atoms with E-state index in [4.69, 9.17) is 22.1 Å². The smallest absolute Gasteiger partial charge is 0.303 e. The molecular formula is C15H15NO4S2. The van der Waals surface area contributed by atoms with Crippen LogP contribution in [0.4, 0.5) is 0 Å². The molecule has 1 heterocycles. The predicted molar refractivity (Wildman–Crippen MR) is 89.7 cm³/mol. The lowest BCUT2D eigenvalue weighted by Crippen LogP contribution is -2.29. The van der Waals surface area contributed by atoms with Crippen molar-refractivity contribution < 1.29 is 19.4 Å². The van der Waals surface area contributed by atoms with Gasteiger partial charge < -0.3 is 9.84 Å². The molecule has 116 valence electrons. The van der Waals surface area contributed by atoms with Gasteiger partial charge in [-0.15, -0.1) is 0 Å². The van der Waals surface area contributed by atoms with Crippen molar-refractivity contribution in [1.29, 1.82) is 0 Å². The second-order valence-corrected chi connectivity index (χ2v) is 6.28. The number of methoxy groups -OCH3 is 1. The highest BCUT2D eigenvalue weighted by molar-refractivity contribution is 8.26. The normalized spacial score (nSPS) is 16.4. The fourth-order valence-corrected chi connectivity index (χ4v) is 3.24. The Bertz CT molecular complexity index is 625. The van der Waals surface area contributed by atoms with Crippen LogP contribution in [-0.2, 0) is 9.59 Å². The first-order valence-electron chi connectivity index (χ1n) is 6.62. The first kappa shape index (κ1) is 16.5. The summed E-state index contributed by atoms with van der Waals surface area (Å²) in [6.45, 7) is 0.330. The monoisotopic (exact) mass is 337 g/mol. The Hall–Kier alpha value is -1.86. The van der Waals surface area contributed by atoms with Crippen molar-refractivity contribution in [3.8, 4) is 5.75 Å². The molecule has 7 heteroatoms. The number of carbonyl (C=O) groups is 2. The van der Waals surface area contributed by atoms with Crippen LogP contribution in [0.5, 0.6) is 5.75 Å². The van der Waals surface area contributed by atoms with Crippen LogP contribution < -0.4 is 4.74 Å². The number of rotatable bonds is 6. The number of carboxylic acids is 1. The first-order valence-corrected chi connectivity index (χ1v) is 7.85. The van der Waals surface area contributed by atoms with Crippen molar-refractivity contribution >= 4 is 46.3 Å². The van der Waals surface area contributed by atoms with E-state index in [9.17, 15) is 9.59 Å². The summed E-state index contributed by atoms with van der Waals surface area (Å²) in [5, 5.41) is 8.65. The van der Waals surface area contributed by atoms with Gasteiger partial charge in [0.25, 0.3) is 5.91 Å². The molecule has 0 unspecified atom stereocenters. The topological polar surface area (TPSA) is 66.8 Å². The molecule has 2 rings (SSSR count). The summed E-state index contributed by atoms with van der Waals surface area (Å²) in [4.78, 5) is 24.8. The van der Waals surface area contributed by atoms with Crippen LogP contribution >= 0.6 is 24.0 Å². The fourth-order valence-electron chi connectivity index (χ4n) is 1.93. The Morgan fingerprint density at radius 3 is 2.68 bits per heavy atom. The molecule has 0 saturated carbocycles. The van der Waals surface area contributed by atoms with Crippen LogP contribution in [0.2, 0.25) is 0 Å². The Labute approximate surface area is 137 Å². The second-order valence-electron chi connectivity index (χ2n) is 4.60. The van der Waals surface area contributed by atoms with E-state index in [1.807, 2.05) is 24.3 Å². The van der Waals surface area contributed by atoms with E-state index in [1.165, 1.54) is 16.7 Å². The van der Waals surface area contributed by atoms with Crippen LogP contribution in [0.3, 0.4) is 0 Å². The van der Waals surface area contributed by atoms with Crippen molar-refractivity contribution in [2.24, 2.45) is 0 Å². The van der Waals surface area contributed by atoms with Crippen LogP contribution in [0.15, 0.2) is 29.2 Å². The Kier molecular flexibility index (Phi) is 5.57. The highest BCUT2D eigenvalue weighted by atomic mass is 32.2. The molecule has 0 aliphatic carbocycles. The number of hydrogen-bond donors (Lipinski definition) is 1. The summed E-state index contributed by atoms with van der Waals surface area (Å²) < 4.78 is 5.56. The van der Waals surface area contributed by atoms with Gasteiger partial charge in [-0.25, -0.2) is 0 Å². The molecule has 0 bridgehead atoms. The number of amides is 1. The highest BCUT2D eigenvalue weighted by Gasteiger charge is 2.31. The van der Waals surface area contributed by atoms with E-state index in [-0.39, 0.29) is 12.3 Å². The minimum absolute atomic E-state index is 0.0224. The van der Waals surface area contributed by atoms with E-state index in [2.05, 4.69) is 0 Å². The first-order chi connectivity index (χ1) is 10.5. The summed E-state index contributed by atoms with van der Waals surface area (Å²) in [6, 6.07) is 7.35. The molecular weight excluding hydrogens is 322 g/mol. The molecule has 22 heavy (non-hydrogen) atoms. The van der Waals surface area contributed by atoms with E-state index in [0.29, 0.717) is 22.2 Å². The number of hydrogen-bond acceptors (Lipinski definition) is 5. The number of ether oxygens (including phenoxy) is 1. The van der Waals surface area contributed by atoms with Gasteiger partial charge in [-0.1, -0.05) is 36.1 Å². The predicted octanol–water partition coefficient (Wildman–Crippen LogP) is 2.76. The second kappa shape index (κ2) is 7.42. The lowest BCUT2D eigenvalue weighted by molar-refractivity contribution is -0.137. The lowest BCUT2D eigenvalue weighted by Gasteiger charge is -2.13. The van der Waals surface area contributed by atoms with Gasteiger partial charge in [-0.2, -0.15) is 0 Å². The summed E-state index contributed by atoms with van der Waals surface area (Å²) in [5.41, 5.74) is 0.881. The Morgan fingerprint density at radius 1 is 1.41 bits per heavy atom. The number of benzene rings is 1. The highest BCUT2D eigenvalue weighted by Crippen LogP contribution is 2.32. The van der Waals surface area contributed by atoms with Crippen molar-refractivity contribution in [3.05, 3.63) is 34.7 Å². The quantitative estimate of drug-likeness (QED) is 0.636. The zero-order chi connectivity index (χ0) is 16.1. The zero-order valence-electron chi connectivity index (χ0n) is 11.9. The molecule has 1 amide bonds. The van der Waals surface area contributed by atoms with Gasteiger partial charge in [0, 0.05) is 13.0 Å². The van der Waals surface area contributed by atoms with E-state index < -0.39 is 5.97 Å². The van der Waals surface area contributed by atoms with E-state index >= 15 is 0 Å². The average molecular weight is 337 g/mol. The summed E-state index contributed by atoms with van der Waals surface area (Å²) in [6.07, 6.45) is 2.18. The third-order valence-corrected chi connectivity index (χ3v) is 4.44. The molecule has 5 nitrogen and oxygen atoms in total. The molecule has 0 atom stereocenters. The number of aliphatic carboxylic acids is 1. The molecule has 0 aromatic heterocycles. The van der Waals surface area contributed by atoms with Gasteiger partial charge in [0.1, 0.15) is 10.1 Å². The maximum absolute atomic E-state index is 12.3. The van der Waals surface area contributed by atoms with Gasteiger partial charge >= 0.3 is 5.97 Å². The van der Waals surface area contributed by atoms with Crippen LogP contribution in [0, 0.1) is 0 Å². The molecule has 1 fully saturated rings. The maximum atomic E-state index is 12.3. The van der Waals surface area contributed by atoms with Gasteiger partial charge in [0.15, 0.2) is 0 Å². The summed E-state index contributed by atoms with van der Waals surface area (Å²) >= 11 is 6.42. The standard InChI is InChI=1S/C15H15NO4S2/c1-20-11-6-4-10(5-7-11)9-12-14(19)16(15(21)22-12)8-2-3-13(17)18/h4-7,9H,2-3,8H2,1H3,(H,17,18)/b12-9-. The number of thiocarbonyl (C=S) groups is 1.